The molecular weight excluding hydrogens is 239 g/mol. The molecule has 0 aromatic heterocycles. The molecule has 0 amide bonds. The van der Waals surface area contributed by atoms with Gasteiger partial charge in [-0.25, -0.2) is 4.57 Å². The van der Waals surface area contributed by atoms with E-state index < -0.39 is 7.82 Å². The Kier molecular flexibility index (Phi) is 9.87. The molecule has 6 heteroatoms. The quantitative estimate of drug-likeness (QED) is 0.338. The number of hydrogen-bond acceptors (Lipinski definition) is 4. The summed E-state index contributed by atoms with van der Waals surface area (Å²) in [7, 11) is -3.41. The minimum absolute atomic E-state index is 0.185. The molecule has 4 nitrogen and oxygen atoms in total. The molecule has 15 heavy (non-hydrogen) atoms. The topological polar surface area (TPSA) is 44.8 Å². The van der Waals surface area contributed by atoms with Crippen LogP contribution in [0.15, 0.2) is 0 Å². The van der Waals surface area contributed by atoms with E-state index in [0.717, 1.165) is 25.7 Å². The molecule has 0 aromatic rings. The molecule has 0 N–H and O–H groups in total. The van der Waals surface area contributed by atoms with Crippen molar-refractivity contribution in [3.05, 3.63) is 0 Å². The van der Waals surface area contributed by atoms with Crippen LogP contribution < -0.4 is 0 Å². The normalized spacial score (nSPS) is 11.9. The molecule has 0 aliphatic rings. The van der Waals surface area contributed by atoms with Crippen LogP contribution in [-0.4, -0.2) is 19.3 Å². The number of phosphoric acid groups is 1. The Morgan fingerprint density at radius 1 is 1.00 bits per heavy atom. The van der Waals surface area contributed by atoms with E-state index in [1.54, 1.807) is 0 Å². The molecule has 92 valence electrons. The van der Waals surface area contributed by atoms with Crippen molar-refractivity contribution in [1.29, 1.82) is 0 Å². The first kappa shape index (κ1) is 15.4. The van der Waals surface area contributed by atoms with Crippen molar-refractivity contribution in [2.24, 2.45) is 0 Å². The lowest BCUT2D eigenvalue weighted by Gasteiger charge is -2.16. The van der Waals surface area contributed by atoms with Crippen molar-refractivity contribution in [3.8, 4) is 0 Å². The predicted molar refractivity (Wildman–Crippen MR) is 61.1 cm³/mol. The second-order valence-corrected chi connectivity index (χ2v) is 4.95. The summed E-state index contributed by atoms with van der Waals surface area (Å²) in [6.07, 6.45) is 3.59. The SMILES string of the molecule is CCCCOP(=O)(OCCl)OCCCC. The molecule has 0 heterocycles. The van der Waals surface area contributed by atoms with Crippen LogP contribution >= 0.6 is 19.4 Å². The van der Waals surface area contributed by atoms with E-state index in [1.165, 1.54) is 0 Å². The van der Waals surface area contributed by atoms with Crippen LogP contribution in [0.5, 0.6) is 0 Å². The average molecular weight is 259 g/mol. The van der Waals surface area contributed by atoms with Crippen molar-refractivity contribution < 1.29 is 18.1 Å². The van der Waals surface area contributed by atoms with Gasteiger partial charge in [0.15, 0.2) is 0 Å². The highest BCUT2D eigenvalue weighted by atomic mass is 35.5. The molecule has 0 saturated heterocycles. The van der Waals surface area contributed by atoms with Crippen molar-refractivity contribution >= 4 is 19.4 Å². The highest BCUT2D eigenvalue weighted by Crippen LogP contribution is 2.49. The van der Waals surface area contributed by atoms with Gasteiger partial charge in [0, 0.05) is 0 Å². The molecule has 0 radical (unpaired) electrons. The number of hydrogen-bond donors (Lipinski definition) is 0. The van der Waals surface area contributed by atoms with Crippen LogP contribution in [0.3, 0.4) is 0 Å². The van der Waals surface area contributed by atoms with Gasteiger partial charge in [-0.3, -0.25) is 13.6 Å². The maximum Gasteiger partial charge on any atom is 0.475 e. The first-order valence-corrected chi connectivity index (χ1v) is 7.27. The monoisotopic (exact) mass is 258 g/mol. The fourth-order valence-electron chi connectivity index (χ4n) is 0.813. The Morgan fingerprint density at radius 2 is 1.47 bits per heavy atom. The maximum absolute atomic E-state index is 11.8. The fourth-order valence-corrected chi connectivity index (χ4v) is 2.22. The van der Waals surface area contributed by atoms with Gasteiger partial charge in [0.05, 0.1) is 13.2 Å². The maximum atomic E-state index is 11.8. The molecule has 0 aliphatic heterocycles. The minimum atomic E-state index is -3.41. The molecule has 0 fully saturated rings. The average Bonchev–Trinajstić information content (AvgIpc) is 2.19. The lowest BCUT2D eigenvalue weighted by Crippen LogP contribution is -2.02. The van der Waals surface area contributed by atoms with E-state index >= 15 is 0 Å². The summed E-state index contributed by atoms with van der Waals surface area (Å²) in [5.74, 6) is 0. The molecule has 0 atom stereocenters. The predicted octanol–water partition coefficient (Wildman–Crippen LogP) is 3.94. The van der Waals surface area contributed by atoms with Gasteiger partial charge in [0.2, 0.25) is 0 Å². The van der Waals surface area contributed by atoms with Gasteiger partial charge < -0.3 is 0 Å². The third-order valence-electron chi connectivity index (χ3n) is 1.70. The van der Waals surface area contributed by atoms with E-state index in [4.69, 9.17) is 25.2 Å². The summed E-state index contributed by atoms with van der Waals surface area (Å²) in [4.78, 5) is 0. The van der Waals surface area contributed by atoms with E-state index in [2.05, 4.69) is 0 Å². The number of alkyl halides is 1. The molecule has 0 unspecified atom stereocenters. The Balaban J connectivity index is 3.89. The fraction of sp³-hybridized carbons (Fsp3) is 1.00. The Hall–Kier alpha value is 0.400. The standard InChI is InChI=1S/C9H20ClO4P/c1-3-5-7-12-15(11,14-9-10)13-8-6-4-2/h3-9H2,1-2H3. The highest BCUT2D eigenvalue weighted by molar-refractivity contribution is 7.48. The lowest BCUT2D eigenvalue weighted by molar-refractivity contribution is 0.124. The van der Waals surface area contributed by atoms with Gasteiger partial charge in [-0.15, -0.1) is 0 Å². The van der Waals surface area contributed by atoms with Crippen LogP contribution in [-0.2, 0) is 18.1 Å². The van der Waals surface area contributed by atoms with Crippen LogP contribution in [0.25, 0.3) is 0 Å². The van der Waals surface area contributed by atoms with Gasteiger partial charge in [-0.05, 0) is 12.8 Å². The molecule has 0 aromatic carbocycles. The molecular formula is C9H20ClO4P. The molecule has 0 saturated carbocycles. The highest BCUT2D eigenvalue weighted by Gasteiger charge is 2.25. The van der Waals surface area contributed by atoms with Crippen LogP contribution in [0.4, 0.5) is 0 Å². The van der Waals surface area contributed by atoms with Crippen LogP contribution in [0, 0.1) is 0 Å². The molecule has 0 spiro atoms. The van der Waals surface area contributed by atoms with Gasteiger partial charge >= 0.3 is 7.82 Å². The minimum Gasteiger partial charge on any atom is -0.287 e. The van der Waals surface area contributed by atoms with Crippen LogP contribution in [0.2, 0.25) is 0 Å². The summed E-state index contributed by atoms with van der Waals surface area (Å²) in [5.41, 5.74) is 0. The largest absolute Gasteiger partial charge is 0.475 e. The first-order chi connectivity index (χ1) is 7.18. The van der Waals surface area contributed by atoms with Gasteiger partial charge in [0.25, 0.3) is 0 Å². The van der Waals surface area contributed by atoms with Crippen molar-refractivity contribution in [2.75, 3.05) is 19.3 Å². The molecule has 0 bridgehead atoms. The summed E-state index contributed by atoms with van der Waals surface area (Å²) in [5, 5.41) is 0. The van der Waals surface area contributed by atoms with E-state index in [-0.39, 0.29) is 6.07 Å². The number of unbranched alkanes of at least 4 members (excludes halogenated alkanes) is 2. The summed E-state index contributed by atoms with van der Waals surface area (Å²) < 4.78 is 26.8. The zero-order valence-electron chi connectivity index (χ0n) is 9.41. The van der Waals surface area contributed by atoms with Crippen LogP contribution in [0.1, 0.15) is 39.5 Å². The second kappa shape index (κ2) is 9.61. The van der Waals surface area contributed by atoms with E-state index in [9.17, 15) is 4.57 Å². The first-order valence-electron chi connectivity index (χ1n) is 5.28. The summed E-state index contributed by atoms with van der Waals surface area (Å²) in [6.45, 7) is 4.79. The summed E-state index contributed by atoms with van der Waals surface area (Å²) in [6, 6.07) is -0.185. The van der Waals surface area contributed by atoms with Gasteiger partial charge in [-0.2, -0.15) is 0 Å². The lowest BCUT2D eigenvalue weighted by atomic mass is 10.4. The third-order valence-corrected chi connectivity index (χ3v) is 3.41. The Labute approximate surface area is 96.9 Å². The number of phosphoric ester groups is 1. The number of rotatable bonds is 10. The van der Waals surface area contributed by atoms with E-state index in [1.807, 2.05) is 13.8 Å². The zero-order chi connectivity index (χ0) is 11.6. The summed E-state index contributed by atoms with van der Waals surface area (Å²) >= 11 is 5.36. The number of halogens is 1. The molecule has 0 aliphatic carbocycles. The zero-order valence-corrected chi connectivity index (χ0v) is 11.1. The third kappa shape index (κ3) is 8.23. The second-order valence-electron chi connectivity index (χ2n) is 3.06. The van der Waals surface area contributed by atoms with Crippen molar-refractivity contribution in [1.82, 2.24) is 0 Å². The molecule has 0 rings (SSSR count). The van der Waals surface area contributed by atoms with Crippen molar-refractivity contribution in [3.63, 3.8) is 0 Å². The van der Waals surface area contributed by atoms with Gasteiger partial charge in [0.1, 0.15) is 6.07 Å². The Bertz CT molecular complexity index is 175. The Morgan fingerprint density at radius 3 is 1.80 bits per heavy atom. The van der Waals surface area contributed by atoms with Gasteiger partial charge in [-0.1, -0.05) is 38.3 Å². The smallest absolute Gasteiger partial charge is 0.287 e. The van der Waals surface area contributed by atoms with Crippen molar-refractivity contribution in [2.45, 2.75) is 39.5 Å². The van der Waals surface area contributed by atoms with E-state index in [0.29, 0.717) is 13.2 Å².